The molecule has 138 valence electrons. The summed E-state index contributed by atoms with van der Waals surface area (Å²) >= 11 is 0. The van der Waals surface area contributed by atoms with E-state index in [1.54, 1.807) is 0 Å². The molecule has 1 saturated heterocycles. The molecular formula is C25H27NO. The fourth-order valence-corrected chi connectivity index (χ4v) is 4.45. The average Bonchev–Trinajstić information content (AvgIpc) is 2.77. The van der Waals surface area contributed by atoms with Gasteiger partial charge in [0, 0.05) is 13.1 Å². The molecule has 0 bridgehead atoms. The molecule has 0 amide bonds. The number of benzene rings is 3. The molecule has 1 aliphatic heterocycles. The summed E-state index contributed by atoms with van der Waals surface area (Å²) in [6.07, 6.45) is 1.02. The molecule has 1 heterocycles. The van der Waals surface area contributed by atoms with E-state index in [-0.39, 0.29) is 5.54 Å². The Bertz CT molecular complexity index is 814. The van der Waals surface area contributed by atoms with Crippen molar-refractivity contribution in [3.8, 4) is 0 Å². The molecule has 3 aromatic carbocycles. The second-order valence-electron chi connectivity index (χ2n) is 7.05. The summed E-state index contributed by atoms with van der Waals surface area (Å²) in [6, 6.07) is 30.8. The van der Waals surface area contributed by atoms with Crippen LogP contribution in [0, 0.1) is 0 Å². The van der Waals surface area contributed by atoms with Gasteiger partial charge in [-0.3, -0.25) is 4.90 Å². The van der Waals surface area contributed by atoms with Crippen LogP contribution < -0.4 is 0 Å². The monoisotopic (exact) mass is 357 g/mol. The standard InChI is InChI=1S/C25H27NO/c1-2-21-11-9-10-16-24(21)25(22-12-5-3-6-13-22,23-14-7-4-8-15-23)26-17-19-27-20-18-26/h3-16H,2,17-20H2,1H3. The SMILES string of the molecule is CCc1ccccc1C(c1ccccc1)(c1ccccc1)N1CCOCC1. The van der Waals surface area contributed by atoms with Crippen LogP contribution in [0.15, 0.2) is 84.9 Å². The van der Waals surface area contributed by atoms with Crippen molar-refractivity contribution >= 4 is 0 Å². The third-order valence-corrected chi connectivity index (χ3v) is 5.66. The van der Waals surface area contributed by atoms with Gasteiger partial charge >= 0.3 is 0 Å². The van der Waals surface area contributed by atoms with Crippen LogP contribution in [0.3, 0.4) is 0 Å². The minimum Gasteiger partial charge on any atom is -0.379 e. The van der Waals surface area contributed by atoms with Gasteiger partial charge in [-0.25, -0.2) is 0 Å². The van der Waals surface area contributed by atoms with Crippen LogP contribution in [-0.4, -0.2) is 31.2 Å². The normalized spacial score (nSPS) is 15.6. The molecule has 0 saturated carbocycles. The highest BCUT2D eigenvalue weighted by molar-refractivity contribution is 5.52. The van der Waals surface area contributed by atoms with E-state index < -0.39 is 0 Å². The molecule has 0 unspecified atom stereocenters. The fraction of sp³-hybridized carbons (Fsp3) is 0.280. The summed E-state index contributed by atoms with van der Waals surface area (Å²) in [5.74, 6) is 0. The number of aryl methyl sites for hydroxylation is 1. The highest BCUT2D eigenvalue weighted by Crippen LogP contribution is 2.44. The number of ether oxygens (including phenoxy) is 1. The van der Waals surface area contributed by atoms with E-state index in [0.717, 1.165) is 32.7 Å². The summed E-state index contributed by atoms with van der Waals surface area (Å²) in [5.41, 5.74) is 5.11. The second-order valence-corrected chi connectivity index (χ2v) is 7.05. The van der Waals surface area contributed by atoms with Crippen molar-refractivity contribution in [3.63, 3.8) is 0 Å². The van der Waals surface area contributed by atoms with E-state index in [0.29, 0.717) is 0 Å². The Morgan fingerprint density at radius 3 is 1.81 bits per heavy atom. The minimum absolute atomic E-state index is 0.307. The Kier molecular flexibility index (Phi) is 5.38. The van der Waals surface area contributed by atoms with Crippen molar-refractivity contribution in [2.75, 3.05) is 26.3 Å². The number of hydrogen-bond donors (Lipinski definition) is 0. The second kappa shape index (κ2) is 8.08. The maximum Gasteiger partial charge on any atom is 0.0977 e. The Labute approximate surface area is 162 Å². The summed E-state index contributed by atoms with van der Waals surface area (Å²) < 4.78 is 5.72. The third kappa shape index (κ3) is 3.20. The van der Waals surface area contributed by atoms with Gasteiger partial charge in [0.25, 0.3) is 0 Å². The van der Waals surface area contributed by atoms with Crippen LogP contribution >= 0.6 is 0 Å². The van der Waals surface area contributed by atoms with Crippen LogP contribution in [0.5, 0.6) is 0 Å². The molecule has 0 spiro atoms. The zero-order valence-electron chi connectivity index (χ0n) is 16.0. The molecule has 3 aromatic rings. The molecule has 2 heteroatoms. The van der Waals surface area contributed by atoms with Gasteiger partial charge in [0.2, 0.25) is 0 Å². The molecule has 0 radical (unpaired) electrons. The summed E-state index contributed by atoms with van der Waals surface area (Å²) in [7, 11) is 0. The van der Waals surface area contributed by atoms with E-state index in [2.05, 4.69) is 96.8 Å². The number of hydrogen-bond acceptors (Lipinski definition) is 2. The largest absolute Gasteiger partial charge is 0.379 e. The Morgan fingerprint density at radius 2 is 1.26 bits per heavy atom. The zero-order chi connectivity index (χ0) is 18.5. The highest BCUT2D eigenvalue weighted by atomic mass is 16.5. The molecule has 4 rings (SSSR count). The number of morpholine rings is 1. The minimum atomic E-state index is -0.307. The molecule has 2 nitrogen and oxygen atoms in total. The van der Waals surface area contributed by atoms with Gasteiger partial charge < -0.3 is 4.74 Å². The van der Waals surface area contributed by atoms with Crippen molar-refractivity contribution in [3.05, 3.63) is 107 Å². The van der Waals surface area contributed by atoms with Gasteiger partial charge in [-0.2, -0.15) is 0 Å². The predicted octanol–water partition coefficient (Wildman–Crippen LogP) is 4.87. The molecule has 0 atom stereocenters. The molecule has 0 aromatic heterocycles. The van der Waals surface area contributed by atoms with Gasteiger partial charge in [-0.05, 0) is 28.7 Å². The summed E-state index contributed by atoms with van der Waals surface area (Å²) in [4.78, 5) is 2.61. The maximum atomic E-state index is 5.72. The first kappa shape index (κ1) is 18.0. The van der Waals surface area contributed by atoms with Gasteiger partial charge in [0.1, 0.15) is 0 Å². The van der Waals surface area contributed by atoms with Crippen molar-refractivity contribution in [2.24, 2.45) is 0 Å². The molecular weight excluding hydrogens is 330 g/mol. The molecule has 0 aliphatic carbocycles. The van der Waals surface area contributed by atoms with Gasteiger partial charge in [0.15, 0.2) is 0 Å². The van der Waals surface area contributed by atoms with E-state index in [1.807, 2.05) is 0 Å². The van der Waals surface area contributed by atoms with Gasteiger partial charge in [-0.15, -0.1) is 0 Å². The van der Waals surface area contributed by atoms with Crippen molar-refractivity contribution in [1.82, 2.24) is 4.90 Å². The van der Waals surface area contributed by atoms with Crippen molar-refractivity contribution in [2.45, 2.75) is 18.9 Å². The summed E-state index contributed by atoms with van der Waals surface area (Å²) in [6.45, 7) is 5.63. The number of rotatable bonds is 5. The van der Waals surface area contributed by atoms with Crippen molar-refractivity contribution in [1.29, 1.82) is 0 Å². The van der Waals surface area contributed by atoms with Crippen LogP contribution in [0.25, 0.3) is 0 Å². The summed E-state index contributed by atoms with van der Waals surface area (Å²) in [5, 5.41) is 0. The maximum absolute atomic E-state index is 5.72. The van der Waals surface area contributed by atoms with Crippen LogP contribution in [-0.2, 0) is 16.7 Å². The van der Waals surface area contributed by atoms with Crippen LogP contribution in [0.2, 0.25) is 0 Å². The quantitative estimate of drug-likeness (QED) is 0.604. The smallest absolute Gasteiger partial charge is 0.0977 e. The molecule has 1 fully saturated rings. The van der Waals surface area contributed by atoms with E-state index in [9.17, 15) is 0 Å². The van der Waals surface area contributed by atoms with Crippen LogP contribution in [0.1, 0.15) is 29.2 Å². The number of nitrogens with zero attached hydrogens (tertiary/aromatic N) is 1. The first-order valence-electron chi connectivity index (χ1n) is 9.89. The first-order chi connectivity index (χ1) is 13.4. The van der Waals surface area contributed by atoms with Crippen molar-refractivity contribution < 1.29 is 4.74 Å². The van der Waals surface area contributed by atoms with Gasteiger partial charge in [0.05, 0.1) is 18.8 Å². The lowest BCUT2D eigenvalue weighted by atomic mass is 9.73. The molecule has 27 heavy (non-hydrogen) atoms. The van der Waals surface area contributed by atoms with E-state index in [1.165, 1.54) is 22.3 Å². The predicted molar refractivity (Wildman–Crippen MR) is 111 cm³/mol. The average molecular weight is 357 g/mol. The first-order valence-corrected chi connectivity index (χ1v) is 9.89. The van der Waals surface area contributed by atoms with E-state index >= 15 is 0 Å². The Morgan fingerprint density at radius 1 is 0.741 bits per heavy atom. The lowest BCUT2D eigenvalue weighted by molar-refractivity contribution is 0.00205. The molecule has 1 aliphatic rings. The van der Waals surface area contributed by atoms with Crippen LogP contribution in [0.4, 0.5) is 0 Å². The Hall–Kier alpha value is -2.42. The van der Waals surface area contributed by atoms with E-state index in [4.69, 9.17) is 4.74 Å². The fourth-order valence-electron chi connectivity index (χ4n) is 4.45. The highest BCUT2D eigenvalue weighted by Gasteiger charge is 2.43. The topological polar surface area (TPSA) is 12.5 Å². The lowest BCUT2D eigenvalue weighted by Gasteiger charge is -2.48. The zero-order valence-corrected chi connectivity index (χ0v) is 16.0. The molecule has 0 N–H and O–H groups in total. The third-order valence-electron chi connectivity index (χ3n) is 5.66. The van der Waals surface area contributed by atoms with Gasteiger partial charge in [-0.1, -0.05) is 91.9 Å². The lowest BCUT2D eigenvalue weighted by Crippen LogP contribution is -2.53. The Balaban J connectivity index is 2.06.